The molecule has 2 unspecified atom stereocenters. The average molecular weight is 445 g/mol. The lowest BCUT2D eigenvalue weighted by Gasteiger charge is -2.18. The maximum atomic E-state index is 10.7. The minimum absolute atomic E-state index is 0.0411. The fourth-order valence-electron chi connectivity index (χ4n) is 3.35. The maximum absolute atomic E-state index is 10.7. The number of aliphatic hydroxyl groups excluding tert-OH is 1. The Morgan fingerprint density at radius 3 is 1.80 bits per heavy atom. The molecule has 3 N–H and O–H groups in total. The quantitative estimate of drug-likeness (QED) is 0.131. The highest BCUT2D eigenvalue weighted by atomic mass is 32.2. The number of hydrogen-bond donors (Lipinski definition) is 3. The second-order valence-corrected chi connectivity index (χ2v) is 9.37. The first kappa shape index (κ1) is 29.0. The van der Waals surface area contributed by atoms with E-state index in [-0.39, 0.29) is 24.5 Å². The van der Waals surface area contributed by atoms with E-state index >= 15 is 0 Å². The molecule has 0 radical (unpaired) electrons. The molecule has 0 aliphatic heterocycles. The summed E-state index contributed by atoms with van der Waals surface area (Å²) >= 11 is 1.38. The number of carboxylic acids is 2. The standard InChI is InChI=1S/C24H44O5S/c1-2-3-4-5-6-7-8-9-10-11-12-13-14-15-16-22(30-20-19-24(28)29)21(25)17-18-23(26)27/h15-16,21-22,25H,2-14,17-20H2,1H3,(H,26,27)(H,28,29). The number of rotatable bonds is 22. The van der Waals surface area contributed by atoms with Crippen LogP contribution in [0.25, 0.3) is 0 Å². The van der Waals surface area contributed by atoms with Crippen molar-refractivity contribution >= 4 is 23.7 Å². The van der Waals surface area contributed by atoms with E-state index in [0.29, 0.717) is 5.75 Å². The highest BCUT2D eigenvalue weighted by Gasteiger charge is 2.18. The van der Waals surface area contributed by atoms with Crippen molar-refractivity contribution in [3.63, 3.8) is 0 Å². The average Bonchev–Trinajstić information content (AvgIpc) is 2.70. The van der Waals surface area contributed by atoms with Crippen molar-refractivity contribution in [1.29, 1.82) is 0 Å². The van der Waals surface area contributed by atoms with Crippen molar-refractivity contribution in [3.05, 3.63) is 12.2 Å². The summed E-state index contributed by atoms with van der Waals surface area (Å²) in [4.78, 5) is 21.4. The van der Waals surface area contributed by atoms with Crippen LogP contribution in [0.2, 0.25) is 0 Å². The molecule has 0 saturated carbocycles. The van der Waals surface area contributed by atoms with Gasteiger partial charge >= 0.3 is 11.9 Å². The zero-order valence-electron chi connectivity index (χ0n) is 18.9. The molecule has 30 heavy (non-hydrogen) atoms. The summed E-state index contributed by atoms with van der Waals surface area (Å²) in [6, 6.07) is 0. The maximum Gasteiger partial charge on any atom is 0.304 e. The predicted molar refractivity (Wildman–Crippen MR) is 126 cm³/mol. The van der Waals surface area contributed by atoms with E-state index in [1.54, 1.807) is 0 Å². The number of allylic oxidation sites excluding steroid dienone is 1. The molecule has 0 aromatic carbocycles. The van der Waals surface area contributed by atoms with E-state index in [2.05, 4.69) is 13.0 Å². The summed E-state index contributed by atoms with van der Waals surface area (Å²) in [6.45, 7) is 2.25. The topological polar surface area (TPSA) is 94.8 Å². The van der Waals surface area contributed by atoms with Gasteiger partial charge in [-0.2, -0.15) is 11.8 Å². The third-order valence-corrected chi connectivity index (χ3v) is 6.51. The van der Waals surface area contributed by atoms with Gasteiger partial charge in [-0.3, -0.25) is 9.59 Å². The molecule has 0 aliphatic carbocycles. The van der Waals surface area contributed by atoms with Crippen LogP contribution in [0.3, 0.4) is 0 Å². The molecule has 0 aromatic rings. The van der Waals surface area contributed by atoms with Crippen molar-refractivity contribution in [2.75, 3.05) is 5.75 Å². The molecule has 0 saturated heterocycles. The van der Waals surface area contributed by atoms with E-state index < -0.39 is 18.0 Å². The van der Waals surface area contributed by atoms with E-state index in [9.17, 15) is 14.7 Å². The first-order chi connectivity index (χ1) is 14.5. The monoisotopic (exact) mass is 444 g/mol. The Balaban J connectivity index is 3.86. The molecule has 2 atom stereocenters. The molecular formula is C24H44O5S. The lowest BCUT2D eigenvalue weighted by atomic mass is 10.0. The second kappa shape index (κ2) is 21.2. The molecule has 0 fully saturated rings. The summed E-state index contributed by atoms with van der Waals surface area (Å²) in [5, 5.41) is 27.6. The van der Waals surface area contributed by atoms with Crippen LogP contribution in [0.15, 0.2) is 12.2 Å². The van der Waals surface area contributed by atoms with Gasteiger partial charge in [-0.15, -0.1) is 0 Å². The third kappa shape index (κ3) is 20.3. The fourth-order valence-corrected chi connectivity index (χ4v) is 4.49. The lowest BCUT2D eigenvalue weighted by molar-refractivity contribution is -0.138. The van der Waals surface area contributed by atoms with Gasteiger partial charge in [0.15, 0.2) is 0 Å². The second-order valence-electron chi connectivity index (χ2n) is 8.08. The number of carboxylic acid groups (broad SMARTS) is 2. The highest BCUT2D eigenvalue weighted by Crippen LogP contribution is 2.21. The Bertz CT molecular complexity index is 453. The van der Waals surface area contributed by atoms with Crippen molar-refractivity contribution in [2.24, 2.45) is 0 Å². The number of thioether (sulfide) groups is 1. The fraction of sp³-hybridized carbons (Fsp3) is 0.833. The molecule has 0 aromatic heterocycles. The van der Waals surface area contributed by atoms with Gasteiger partial charge in [-0.25, -0.2) is 0 Å². The van der Waals surface area contributed by atoms with E-state index in [4.69, 9.17) is 10.2 Å². The van der Waals surface area contributed by atoms with Gasteiger partial charge in [0.25, 0.3) is 0 Å². The number of unbranched alkanes of at least 4 members (excludes halogenated alkanes) is 12. The van der Waals surface area contributed by atoms with Crippen LogP contribution in [0.4, 0.5) is 0 Å². The zero-order chi connectivity index (χ0) is 22.5. The molecule has 176 valence electrons. The van der Waals surface area contributed by atoms with Crippen LogP contribution in [0.1, 0.15) is 110 Å². The van der Waals surface area contributed by atoms with Gasteiger partial charge in [0, 0.05) is 17.4 Å². The van der Waals surface area contributed by atoms with E-state index in [0.717, 1.165) is 12.8 Å². The lowest BCUT2D eigenvalue weighted by Crippen LogP contribution is -2.23. The Morgan fingerprint density at radius 2 is 1.30 bits per heavy atom. The van der Waals surface area contributed by atoms with Gasteiger partial charge in [0.1, 0.15) is 0 Å². The van der Waals surface area contributed by atoms with Crippen LogP contribution in [0.5, 0.6) is 0 Å². The first-order valence-electron chi connectivity index (χ1n) is 11.9. The third-order valence-electron chi connectivity index (χ3n) is 5.21. The van der Waals surface area contributed by atoms with Crippen molar-refractivity contribution in [1.82, 2.24) is 0 Å². The zero-order valence-corrected chi connectivity index (χ0v) is 19.7. The molecule has 0 rings (SSSR count). The summed E-state index contributed by atoms with van der Waals surface area (Å²) in [5.74, 6) is -1.38. The molecule has 0 heterocycles. The minimum Gasteiger partial charge on any atom is -0.481 e. The first-order valence-corrected chi connectivity index (χ1v) is 12.9. The summed E-state index contributed by atoms with van der Waals surface area (Å²) in [6.07, 6.45) is 20.1. The summed E-state index contributed by atoms with van der Waals surface area (Å²) in [7, 11) is 0. The van der Waals surface area contributed by atoms with Crippen LogP contribution >= 0.6 is 11.8 Å². The van der Waals surface area contributed by atoms with Crippen LogP contribution in [-0.2, 0) is 9.59 Å². The van der Waals surface area contributed by atoms with Crippen molar-refractivity contribution in [2.45, 2.75) is 121 Å². The summed E-state index contributed by atoms with van der Waals surface area (Å²) in [5.41, 5.74) is 0. The smallest absolute Gasteiger partial charge is 0.304 e. The van der Waals surface area contributed by atoms with Crippen LogP contribution in [-0.4, -0.2) is 44.4 Å². The largest absolute Gasteiger partial charge is 0.481 e. The molecule has 6 heteroatoms. The highest BCUT2D eigenvalue weighted by molar-refractivity contribution is 8.00. The molecular weight excluding hydrogens is 400 g/mol. The molecule has 0 bridgehead atoms. The summed E-state index contributed by atoms with van der Waals surface area (Å²) < 4.78 is 0. The number of carbonyl (C=O) groups is 2. The van der Waals surface area contributed by atoms with E-state index in [1.165, 1.54) is 82.4 Å². The van der Waals surface area contributed by atoms with Gasteiger partial charge in [0.2, 0.25) is 0 Å². The van der Waals surface area contributed by atoms with Gasteiger partial charge in [0.05, 0.1) is 12.5 Å². The minimum atomic E-state index is -0.927. The number of aliphatic carboxylic acids is 2. The number of aliphatic hydroxyl groups is 1. The Morgan fingerprint density at radius 1 is 0.800 bits per heavy atom. The predicted octanol–water partition coefficient (Wildman–Crippen LogP) is 6.44. The molecule has 0 amide bonds. The Kier molecular flexibility index (Phi) is 20.5. The SMILES string of the molecule is CCCCCCCCCCCCCCC=CC(SCCC(=O)O)C(O)CCC(=O)O. The molecule has 0 spiro atoms. The van der Waals surface area contributed by atoms with E-state index in [1.807, 2.05) is 6.08 Å². The Labute approximate surface area is 187 Å². The van der Waals surface area contributed by atoms with Gasteiger partial charge in [-0.1, -0.05) is 89.7 Å². The molecule has 5 nitrogen and oxygen atoms in total. The van der Waals surface area contributed by atoms with Crippen molar-refractivity contribution in [3.8, 4) is 0 Å². The molecule has 0 aliphatic rings. The van der Waals surface area contributed by atoms with Crippen molar-refractivity contribution < 1.29 is 24.9 Å². The normalized spacial score (nSPS) is 13.5. The number of hydrogen-bond acceptors (Lipinski definition) is 4. The van der Waals surface area contributed by atoms with Gasteiger partial charge < -0.3 is 15.3 Å². The van der Waals surface area contributed by atoms with Crippen LogP contribution < -0.4 is 0 Å². The Hall–Kier alpha value is -1.01. The van der Waals surface area contributed by atoms with Gasteiger partial charge in [-0.05, 0) is 19.3 Å². The van der Waals surface area contributed by atoms with Crippen LogP contribution in [0, 0.1) is 0 Å².